The summed E-state index contributed by atoms with van der Waals surface area (Å²) in [6, 6.07) is 6.87. The highest BCUT2D eigenvalue weighted by Crippen LogP contribution is 2.13. The maximum absolute atomic E-state index is 11.6. The van der Waals surface area contributed by atoms with E-state index in [1.807, 2.05) is 6.92 Å². The minimum atomic E-state index is -0.186. The first-order valence-corrected chi connectivity index (χ1v) is 6.39. The van der Waals surface area contributed by atoms with Crippen molar-refractivity contribution in [2.45, 2.75) is 32.2 Å². The molecule has 1 aromatic rings. The molecule has 4 nitrogen and oxygen atoms in total. The van der Waals surface area contributed by atoms with E-state index in [-0.39, 0.29) is 18.4 Å². The molecule has 0 bridgehead atoms. The van der Waals surface area contributed by atoms with Gasteiger partial charge in [0.2, 0.25) is 5.91 Å². The largest absolute Gasteiger partial charge is 0.493 e. The Hall–Kier alpha value is -2.15. The molecule has 1 rings (SSSR count). The predicted octanol–water partition coefficient (Wildman–Crippen LogP) is 1.96. The van der Waals surface area contributed by atoms with E-state index < -0.39 is 0 Å². The lowest BCUT2D eigenvalue weighted by molar-refractivity contribution is -0.121. The first-order chi connectivity index (χ1) is 9.15. The summed E-state index contributed by atoms with van der Waals surface area (Å²) in [5.74, 6) is 3.17. The molecule has 0 aromatic heterocycles. The number of nitrogens with one attached hydrogen (secondary N) is 1. The Morgan fingerprint density at radius 1 is 1.47 bits per heavy atom. The third kappa shape index (κ3) is 5.82. The molecule has 19 heavy (non-hydrogen) atoms. The number of benzene rings is 1. The second-order valence-electron chi connectivity index (χ2n) is 4.24. The number of amides is 1. The maximum Gasteiger partial charge on any atom is 0.224 e. The van der Waals surface area contributed by atoms with Gasteiger partial charge in [0.1, 0.15) is 5.75 Å². The second-order valence-corrected chi connectivity index (χ2v) is 4.24. The van der Waals surface area contributed by atoms with Crippen molar-refractivity contribution in [3.8, 4) is 18.1 Å². The molecule has 1 aromatic carbocycles. The number of nitrogen functional groups attached to an aromatic ring is 1. The average molecular weight is 260 g/mol. The molecule has 1 atom stereocenters. The third-order valence-corrected chi connectivity index (χ3v) is 2.59. The third-order valence-electron chi connectivity index (χ3n) is 2.59. The van der Waals surface area contributed by atoms with Crippen LogP contribution in [0.3, 0.4) is 0 Å². The van der Waals surface area contributed by atoms with E-state index in [1.54, 1.807) is 24.3 Å². The van der Waals surface area contributed by atoms with Crippen LogP contribution in [0.4, 0.5) is 5.69 Å². The molecule has 0 saturated carbocycles. The Kier molecular flexibility index (Phi) is 6.31. The van der Waals surface area contributed by atoms with Crippen molar-refractivity contribution in [2.75, 3.05) is 12.3 Å². The van der Waals surface area contributed by atoms with Gasteiger partial charge in [0.15, 0.2) is 0 Å². The van der Waals surface area contributed by atoms with Gasteiger partial charge in [-0.3, -0.25) is 4.79 Å². The Balaban J connectivity index is 2.27. The van der Waals surface area contributed by atoms with Crippen LogP contribution in [0.5, 0.6) is 5.75 Å². The Labute approximate surface area is 114 Å². The Bertz CT molecular complexity index is 434. The van der Waals surface area contributed by atoms with Crippen molar-refractivity contribution >= 4 is 11.6 Å². The van der Waals surface area contributed by atoms with Crippen LogP contribution in [-0.4, -0.2) is 18.6 Å². The molecule has 0 aliphatic heterocycles. The lowest BCUT2D eigenvalue weighted by Gasteiger charge is -2.12. The molecule has 0 aliphatic carbocycles. The summed E-state index contributed by atoms with van der Waals surface area (Å²) in [6.07, 6.45) is 7.35. The van der Waals surface area contributed by atoms with Crippen LogP contribution >= 0.6 is 0 Å². The fraction of sp³-hybridized carbons (Fsp3) is 0.400. The van der Waals surface area contributed by atoms with Crippen molar-refractivity contribution in [2.24, 2.45) is 0 Å². The van der Waals surface area contributed by atoms with Gasteiger partial charge >= 0.3 is 0 Å². The smallest absolute Gasteiger partial charge is 0.224 e. The molecule has 0 spiro atoms. The highest BCUT2D eigenvalue weighted by molar-refractivity contribution is 5.76. The van der Waals surface area contributed by atoms with Crippen LogP contribution in [0.2, 0.25) is 0 Å². The summed E-state index contributed by atoms with van der Waals surface area (Å²) in [4.78, 5) is 11.6. The number of rotatable bonds is 7. The monoisotopic (exact) mass is 260 g/mol. The molecule has 1 unspecified atom stereocenters. The quantitative estimate of drug-likeness (QED) is 0.582. The molecule has 1 amide bonds. The molecule has 4 heteroatoms. The molecule has 102 valence electrons. The Morgan fingerprint density at radius 3 is 2.74 bits per heavy atom. The minimum Gasteiger partial charge on any atom is -0.493 e. The van der Waals surface area contributed by atoms with E-state index in [9.17, 15) is 4.79 Å². The average Bonchev–Trinajstić information content (AvgIpc) is 2.40. The van der Waals surface area contributed by atoms with Gasteiger partial charge in [0.05, 0.1) is 19.1 Å². The zero-order chi connectivity index (χ0) is 14.1. The number of anilines is 1. The van der Waals surface area contributed by atoms with Crippen molar-refractivity contribution in [3.05, 3.63) is 24.3 Å². The lowest BCUT2D eigenvalue weighted by Crippen LogP contribution is -2.34. The summed E-state index contributed by atoms with van der Waals surface area (Å²) in [5.41, 5.74) is 6.25. The van der Waals surface area contributed by atoms with Crippen LogP contribution in [-0.2, 0) is 4.79 Å². The van der Waals surface area contributed by atoms with Gasteiger partial charge in [-0.25, -0.2) is 0 Å². The minimum absolute atomic E-state index is 0.0909. The van der Waals surface area contributed by atoms with Gasteiger partial charge in [-0.15, -0.1) is 6.42 Å². The van der Waals surface area contributed by atoms with Gasteiger partial charge in [-0.1, -0.05) is 19.3 Å². The number of nitrogens with two attached hydrogens (primary N) is 1. The molecular formula is C15H20N2O2. The summed E-state index contributed by atoms with van der Waals surface area (Å²) in [5, 5.41) is 2.79. The number of terminal acetylenes is 1. The number of carbonyl (C=O) groups is 1. The number of ether oxygens (including phenoxy) is 1. The lowest BCUT2D eigenvalue weighted by atomic mass is 10.2. The van der Waals surface area contributed by atoms with Crippen molar-refractivity contribution in [1.29, 1.82) is 0 Å². The molecule has 0 heterocycles. The van der Waals surface area contributed by atoms with Gasteiger partial charge in [0, 0.05) is 5.69 Å². The van der Waals surface area contributed by atoms with E-state index in [1.165, 1.54) is 0 Å². The highest BCUT2D eigenvalue weighted by Gasteiger charge is 2.08. The summed E-state index contributed by atoms with van der Waals surface area (Å²) in [7, 11) is 0. The highest BCUT2D eigenvalue weighted by atomic mass is 16.5. The van der Waals surface area contributed by atoms with E-state index >= 15 is 0 Å². The topological polar surface area (TPSA) is 64.3 Å². The normalized spacial score (nSPS) is 11.4. The zero-order valence-electron chi connectivity index (χ0n) is 11.2. The van der Waals surface area contributed by atoms with Crippen LogP contribution in [0.25, 0.3) is 0 Å². The number of hydrogen-bond acceptors (Lipinski definition) is 3. The SMILES string of the molecule is C#CC(CCC)NC(=O)CCOc1ccc(N)cc1. The molecular weight excluding hydrogens is 240 g/mol. The standard InChI is InChI=1S/C15H20N2O2/c1-3-5-13(4-2)17-15(18)10-11-19-14-8-6-12(16)7-9-14/h2,6-9,13H,3,5,10-11,16H2,1H3,(H,17,18). The zero-order valence-corrected chi connectivity index (χ0v) is 11.2. The molecule has 0 saturated heterocycles. The van der Waals surface area contributed by atoms with Crippen molar-refractivity contribution < 1.29 is 9.53 Å². The number of hydrogen-bond donors (Lipinski definition) is 2. The summed E-state index contributed by atoms with van der Waals surface area (Å²) >= 11 is 0. The van der Waals surface area contributed by atoms with Crippen molar-refractivity contribution in [1.82, 2.24) is 5.32 Å². The van der Waals surface area contributed by atoms with Gasteiger partial charge in [-0.2, -0.15) is 0 Å². The van der Waals surface area contributed by atoms with Gasteiger partial charge in [-0.05, 0) is 30.7 Å². The van der Waals surface area contributed by atoms with Crippen LogP contribution in [0, 0.1) is 12.3 Å². The second kappa shape index (κ2) is 8.04. The first-order valence-electron chi connectivity index (χ1n) is 6.39. The van der Waals surface area contributed by atoms with E-state index in [2.05, 4.69) is 11.2 Å². The van der Waals surface area contributed by atoms with Gasteiger partial charge < -0.3 is 15.8 Å². The predicted molar refractivity (Wildman–Crippen MR) is 76.6 cm³/mol. The molecule has 0 aliphatic rings. The first kappa shape index (κ1) is 14.9. The van der Waals surface area contributed by atoms with Crippen LogP contribution in [0.15, 0.2) is 24.3 Å². The number of carbonyl (C=O) groups excluding carboxylic acids is 1. The van der Waals surface area contributed by atoms with Crippen LogP contribution in [0.1, 0.15) is 26.2 Å². The van der Waals surface area contributed by atoms with E-state index in [0.717, 1.165) is 12.8 Å². The van der Waals surface area contributed by atoms with Gasteiger partial charge in [0.25, 0.3) is 0 Å². The fourth-order valence-corrected chi connectivity index (χ4v) is 1.58. The summed E-state index contributed by atoms with van der Waals surface area (Å²) in [6.45, 7) is 2.35. The Morgan fingerprint density at radius 2 is 2.16 bits per heavy atom. The molecule has 0 radical (unpaired) electrons. The van der Waals surface area contributed by atoms with Crippen molar-refractivity contribution in [3.63, 3.8) is 0 Å². The molecule has 0 fully saturated rings. The molecule has 3 N–H and O–H groups in total. The summed E-state index contributed by atoms with van der Waals surface area (Å²) < 4.78 is 5.44. The van der Waals surface area contributed by atoms with E-state index in [0.29, 0.717) is 18.0 Å². The van der Waals surface area contributed by atoms with E-state index in [4.69, 9.17) is 16.9 Å². The maximum atomic E-state index is 11.6. The fourth-order valence-electron chi connectivity index (χ4n) is 1.58. The van der Waals surface area contributed by atoms with Crippen LogP contribution < -0.4 is 15.8 Å².